The third-order valence-corrected chi connectivity index (χ3v) is 2.62. The molecule has 7 nitrogen and oxygen atoms in total. The molecule has 2 amide bonds. The molecule has 1 rings (SSSR count). The van der Waals surface area contributed by atoms with E-state index in [1.807, 2.05) is 0 Å². The van der Waals surface area contributed by atoms with Crippen LogP contribution in [0.5, 0.6) is 0 Å². The van der Waals surface area contributed by atoms with E-state index in [0.717, 1.165) is 0 Å². The molecule has 0 aromatic rings. The lowest BCUT2D eigenvalue weighted by atomic mass is 10.1. The molecular weight excluding hydrogens is 274 g/mol. The van der Waals surface area contributed by atoms with Gasteiger partial charge in [0.05, 0.1) is 12.1 Å². The van der Waals surface area contributed by atoms with Gasteiger partial charge in [0.25, 0.3) is 0 Å². The first-order valence-corrected chi connectivity index (χ1v) is 7.16. The molecule has 0 radical (unpaired) electrons. The van der Waals surface area contributed by atoms with Gasteiger partial charge in [-0.3, -0.25) is 0 Å². The predicted octanol–water partition coefficient (Wildman–Crippen LogP) is 1.38. The Morgan fingerprint density at radius 1 is 0.857 bits per heavy atom. The van der Waals surface area contributed by atoms with E-state index in [0.29, 0.717) is 13.1 Å². The van der Waals surface area contributed by atoms with Crippen molar-refractivity contribution >= 4 is 12.2 Å². The van der Waals surface area contributed by atoms with E-state index in [1.54, 1.807) is 41.5 Å². The molecule has 0 spiro atoms. The Morgan fingerprint density at radius 3 is 1.48 bits per heavy atom. The summed E-state index contributed by atoms with van der Waals surface area (Å²) in [4.78, 5) is 23.5. The van der Waals surface area contributed by atoms with E-state index < -0.39 is 23.4 Å². The SMILES string of the molecule is CC(C)(C)OC(=O)N[C@H]1CNC[C@H]1NC(=O)OC(C)(C)C. The highest BCUT2D eigenvalue weighted by atomic mass is 16.6. The number of amides is 2. The summed E-state index contributed by atoms with van der Waals surface area (Å²) in [5.74, 6) is 0. The van der Waals surface area contributed by atoms with Gasteiger partial charge in [0.1, 0.15) is 11.2 Å². The third kappa shape index (κ3) is 7.17. The molecule has 0 bridgehead atoms. The van der Waals surface area contributed by atoms with Crippen LogP contribution in [0.3, 0.4) is 0 Å². The Kier molecular flexibility index (Phi) is 5.44. The van der Waals surface area contributed by atoms with Gasteiger partial charge in [-0.2, -0.15) is 0 Å². The van der Waals surface area contributed by atoms with Crippen molar-refractivity contribution in [1.29, 1.82) is 0 Å². The number of rotatable bonds is 2. The lowest BCUT2D eigenvalue weighted by Crippen LogP contribution is -2.52. The number of carbonyl (C=O) groups excluding carboxylic acids is 2. The number of alkyl carbamates (subject to hydrolysis) is 2. The van der Waals surface area contributed by atoms with Crippen molar-refractivity contribution < 1.29 is 19.1 Å². The standard InChI is InChI=1S/C14H27N3O4/c1-13(2,3)20-11(18)16-9-7-15-8-10(9)17-12(19)21-14(4,5)6/h9-10,15H,7-8H2,1-6H3,(H,16,18)(H,17,19)/t9-,10+. The summed E-state index contributed by atoms with van der Waals surface area (Å²) in [5, 5.41) is 8.64. The topological polar surface area (TPSA) is 88.7 Å². The van der Waals surface area contributed by atoms with Crippen molar-refractivity contribution in [1.82, 2.24) is 16.0 Å². The average molecular weight is 301 g/mol. The van der Waals surface area contributed by atoms with Crippen LogP contribution >= 0.6 is 0 Å². The number of carbonyl (C=O) groups is 2. The number of ether oxygens (including phenoxy) is 2. The maximum absolute atomic E-state index is 11.8. The van der Waals surface area contributed by atoms with Crippen LogP contribution in [-0.4, -0.2) is 48.6 Å². The van der Waals surface area contributed by atoms with E-state index in [-0.39, 0.29) is 12.1 Å². The summed E-state index contributed by atoms with van der Waals surface area (Å²) >= 11 is 0. The molecule has 1 saturated heterocycles. The van der Waals surface area contributed by atoms with Gasteiger partial charge in [-0.15, -0.1) is 0 Å². The van der Waals surface area contributed by atoms with Crippen LogP contribution in [0.2, 0.25) is 0 Å². The Hall–Kier alpha value is -1.50. The Labute approximate surface area is 126 Å². The Balaban J connectivity index is 2.48. The van der Waals surface area contributed by atoms with Crippen molar-refractivity contribution in [3.05, 3.63) is 0 Å². The molecule has 122 valence electrons. The van der Waals surface area contributed by atoms with Gasteiger partial charge in [0.15, 0.2) is 0 Å². The molecule has 0 aromatic carbocycles. The lowest BCUT2D eigenvalue weighted by Gasteiger charge is -2.26. The molecule has 1 fully saturated rings. The minimum Gasteiger partial charge on any atom is -0.444 e. The smallest absolute Gasteiger partial charge is 0.407 e. The maximum Gasteiger partial charge on any atom is 0.407 e. The molecular formula is C14H27N3O4. The molecule has 1 aliphatic rings. The number of nitrogens with one attached hydrogen (secondary N) is 3. The van der Waals surface area contributed by atoms with Crippen LogP contribution in [0.25, 0.3) is 0 Å². The molecule has 0 unspecified atom stereocenters. The summed E-state index contributed by atoms with van der Waals surface area (Å²) in [5.41, 5.74) is -1.10. The second kappa shape index (κ2) is 6.51. The summed E-state index contributed by atoms with van der Waals surface area (Å²) < 4.78 is 10.4. The summed E-state index contributed by atoms with van der Waals surface area (Å²) in [6.07, 6.45) is -0.987. The molecule has 2 atom stereocenters. The van der Waals surface area contributed by atoms with Crippen molar-refractivity contribution in [2.45, 2.75) is 64.8 Å². The molecule has 3 N–H and O–H groups in total. The summed E-state index contributed by atoms with van der Waals surface area (Å²) in [7, 11) is 0. The van der Waals surface area contributed by atoms with Crippen molar-refractivity contribution in [2.75, 3.05) is 13.1 Å². The first kappa shape index (κ1) is 17.6. The largest absolute Gasteiger partial charge is 0.444 e. The van der Waals surface area contributed by atoms with Crippen molar-refractivity contribution in [3.63, 3.8) is 0 Å². The van der Waals surface area contributed by atoms with Gasteiger partial charge < -0.3 is 25.4 Å². The van der Waals surface area contributed by atoms with Crippen LogP contribution in [0.1, 0.15) is 41.5 Å². The van der Waals surface area contributed by atoms with Gasteiger partial charge in [-0.25, -0.2) is 9.59 Å². The van der Waals surface area contributed by atoms with Crippen molar-refractivity contribution in [2.24, 2.45) is 0 Å². The van der Waals surface area contributed by atoms with Gasteiger partial charge in [0.2, 0.25) is 0 Å². The van der Waals surface area contributed by atoms with E-state index in [2.05, 4.69) is 16.0 Å². The van der Waals surface area contributed by atoms with Gasteiger partial charge in [-0.1, -0.05) is 0 Å². The predicted molar refractivity (Wildman–Crippen MR) is 79.2 cm³/mol. The number of hydrogen-bond donors (Lipinski definition) is 3. The van der Waals surface area contributed by atoms with Crippen LogP contribution in [-0.2, 0) is 9.47 Å². The Bertz CT molecular complexity index is 349. The second-order valence-electron chi connectivity index (χ2n) is 7.16. The van der Waals surface area contributed by atoms with Crippen LogP contribution in [0, 0.1) is 0 Å². The second-order valence-corrected chi connectivity index (χ2v) is 7.16. The fourth-order valence-corrected chi connectivity index (χ4v) is 1.90. The first-order valence-electron chi connectivity index (χ1n) is 7.16. The van der Waals surface area contributed by atoms with E-state index in [1.165, 1.54) is 0 Å². The number of hydrogen-bond acceptors (Lipinski definition) is 5. The average Bonchev–Trinajstić information content (AvgIpc) is 2.59. The fraction of sp³-hybridized carbons (Fsp3) is 0.857. The highest BCUT2D eigenvalue weighted by Gasteiger charge is 2.32. The van der Waals surface area contributed by atoms with Crippen LogP contribution in [0.4, 0.5) is 9.59 Å². The molecule has 21 heavy (non-hydrogen) atoms. The highest BCUT2D eigenvalue weighted by molar-refractivity contribution is 5.70. The fourth-order valence-electron chi connectivity index (χ4n) is 1.90. The molecule has 0 saturated carbocycles. The van der Waals surface area contributed by atoms with Gasteiger partial charge in [-0.05, 0) is 41.5 Å². The Morgan fingerprint density at radius 2 is 1.19 bits per heavy atom. The van der Waals surface area contributed by atoms with Gasteiger partial charge in [0, 0.05) is 13.1 Å². The molecule has 0 aliphatic carbocycles. The van der Waals surface area contributed by atoms with E-state index >= 15 is 0 Å². The molecule has 1 aliphatic heterocycles. The first-order chi connectivity index (χ1) is 9.46. The van der Waals surface area contributed by atoms with Crippen molar-refractivity contribution in [3.8, 4) is 0 Å². The molecule has 7 heteroatoms. The minimum atomic E-state index is -0.551. The zero-order valence-electron chi connectivity index (χ0n) is 13.7. The quantitative estimate of drug-likeness (QED) is 0.717. The summed E-state index contributed by atoms with van der Waals surface area (Å²) in [6, 6.07) is -0.459. The van der Waals surface area contributed by atoms with Crippen LogP contribution < -0.4 is 16.0 Å². The maximum atomic E-state index is 11.8. The zero-order chi connectivity index (χ0) is 16.3. The van der Waals surface area contributed by atoms with Crippen LogP contribution in [0.15, 0.2) is 0 Å². The third-order valence-electron chi connectivity index (χ3n) is 2.62. The van der Waals surface area contributed by atoms with E-state index in [4.69, 9.17) is 9.47 Å². The highest BCUT2D eigenvalue weighted by Crippen LogP contribution is 2.10. The monoisotopic (exact) mass is 301 g/mol. The van der Waals surface area contributed by atoms with E-state index in [9.17, 15) is 9.59 Å². The minimum absolute atomic E-state index is 0.229. The summed E-state index contributed by atoms with van der Waals surface area (Å²) in [6.45, 7) is 11.9. The van der Waals surface area contributed by atoms with Gasteiger partial charge >= 0.3 is 12.2 Å². The lowest BCUT2D eigenvalue weighted by molar-refractivity contribution is 0.0447. The zero-order valence-corrected chi connectivity index (χ0v) is 13.7. The molecule has 0 aromatic heterocycles. The molecule has 1 heterocycles. The normalized spacial score (nSPS) is 22.6.